The van der Waals surface area contributed by atoms with Crippen molar-refractivity contribution in [1.82, 2.24) is 0 Å². The van der Waals surface area contributed by atoms with Crippen molar-refractivity contribution in [2.45, 2.75) is 12.8 Å². The number of hydrogen-bond donors (Lipinski definition) is 0. The molecule has 0 bridgehead atoms. The van der Waals surface area contributed by atoms with Gasteiger partial charge in [-0.2, -0.15) is 0 Å². The molecule has 2 nitrogen and oxygen atoms in total. The van der Waals surface area contributed by atoms with Crippen molar-refractivity contribution in [3.8, 4) is 0 Å². The summed E-state index contributed by atoms with van der Waals surface area (Å²) in [4.78, 5) is 11.6. The van der Waals surface area contributed by atoms with Gasteiger partial charge in [0.15, 0.2) is 0 Å². The van der Waals surface area contributed by atoms with Crippen LogP contribution in [0.4, 0.5) is 0 Å². The summed E-state index contributed by atoms with van der Waals surface area (Å²) < 4.78 is 6.08. The summed E-state index contributed by atoms with van der Waals surface area (Å²) in [6.45, 7) is 5.62. The standard InChI is InChI=1S/C12H13IO2/c1-3-8-15-12(14)9(2)10-6-4-5-7-11(10)13/h3-7,9H,1,8H2,2H3. The third-order valence-corrected chi connectivity index (χ3v) is 3.05. The van der Waals surface area contributed by atoms with Crippen LogP contribution in [-0.4, -0.2) is 12.6 Å². The molecule has 0 fully saturated rings. The molecule has 0 aromatic heterocycles. The third kappa shape index (κ3) is 3.34. The summed E-state index contributed by atoms with van der Waals surface area (Å²) in [7, 11) is 0. The summed E-state index contributed by atoms with van der Waals surface area (Å²) >= 11 is 2.22. The van der Waals surface area contributed by atoms with E-state index in [1.54, 1.807) is 6.08 Å². The quantitative estimate of drug-likeness (QED) is 0.485. The molecule has 0 saturated carbocycles. The zero-order chi connectivity index (χ0) is 11.3. The SMILES string of the molecule is C=CCOC(=O)C(C)c1ccccc1I. The topological polar surface area (TPSA) is 26.3 Å². The average Bonchev–Trinajstić information content (AvgIpc) is 2.25. The van der Waals surface area contributed by atoms with Crippen molar-refractivity contribution in [2.24, 2.45) is 0 Å². The number of carbonyl (C=O) groups excluding carboxylic acids is 1. The Morgan fingerprint density at radius 2 is 2.27 bits per heavy atom. The van der Waals surface area contributed by atoms with Gasteiger partial charge >= 0.3 is 5.97 Å². The lowest BCUT2D eigenvalue weighted by Gasteiger charge is -2.12. The van der Waals surface area contributed by atoms with E-state index in [4.69, 9.17) is 4.74 Å². The van der Waals surface area contributed by atoms with Gasteiger partial charge in [0, 0.05) is 3.57 Å². The molecule has 1 atom stereocenters. The van der Waals surface area contributed by atoms with Crippen molar-refractivity contribution >= 4 is 28.6 Å². The molecule has 0 aliphatic heterocycles. The normalized spacial score (nSPS) is 11.9. The first-order valence-corrected chi connectivity index (χ1v) is 5.76. The van der Waals surface area contributed by atoms with E-state index in [-0.39, 0.29) is 18.5 Å². The Balaban J connectivity index is 2.76. The maximum Gasteiger partial charge on any atom is 0.313 e. The Hall–Kier alpha value is -0.840. The fraction of sp³-hybridized carbons (Fsp3) is 0.250. The van der Waals surface area contributed by atoms with E-state index in [2.05, 4.69) is 29.2 Å². The zero-order valence-electron chi connectivity index (χ0n) is 8.57. The highest BCUT2D eigenvalue weighted by molar-refractivity contribution is 14.1. The zero-order valence-corrected chi connectivity index (χ0v) is 10.7. The molecule has 15 heavy (non-hydrogen) atoms. The summed E-state index contributed by atoms with van der Waals surface area (Å²) in [6.07, 6.45) is 1.57. The second-order valence-corrected chi connectivity index (χ2v) is 4.32. The average molecular weight is 316 g/mol. The maximum absolute atomic E-state index is 11.6. The van der Waals surface area contributed by atoms with Crippen LogP contribution >= 0.6 is 22.6 Å². The van der Waals surface area contributed by atoms with Crippen molar-refractivity contribution < 1.29 is 9.53 Å². The van der Waals surface area contributed by atoms with Gasteiger partial charge in [-0.3, -0.25) is 4.79 Å². The van der Waals surface area contributed by atoms with Crippen molar-refractivity contribution in [3.05, 3.63) is 46.1 Å². The molecule has 1 aromatic carbocycles. The van der Waals surface area contributed by atoms with Gasteiger partial charge in [-0.15, -0.1) is 0 Å². The molecule has 0 heterocycles. The first kappa shape index (κ1) is 12.2. The van der Waals surface area contributed by atoms with Gasteiger partial charge in [0.1, 0.15) is 6.61 Å². The van der Waals surface area contributed by atoms with E-state index in [9.17, 15) is 4.79 Å². The van der Waals surface area contributed by atoms with E-state index in [1.165, 1.54) is 0 Å². The molecule has 1 aromatic rings. The van der Waals surface area contributed by atoms with Gasteiger partial charge in [0.05, 0.1) is 5.92 Å². The van der Waals surface area contributed by atoms with E-state index in [0.29, 0.717) is 0 Å². The van der Waals surface area contributed by atoms with Gasteiger partial charge in [0.2, 0.25) is 0 Å². The van der Waals surface area contributed by atoms with Gasteiger partial charge in [-0.05, 0) is 41.1 Å². The number of ether oxygens (including phenoxy) is 1. The van der Waals surface area contributed by atoms with Crippen LogP contribution in [0.1, 0.15) is 18.4 Å². The van der Waals surface area contributed by atoms with Crippen LogP contribution < -0.4 is 0 Å². The smallest absolute Gasteiger partial charge is 0.313 e. The first-order chi connectivity index (χ1) is 7.16. The van der Waals surface area contributed by atoms with Crippen LogP contribution in [0, 0.1) is 3.57 Å². The predicted octanol–water partition coefficient (Wildman–Crippen LogP) is 3.12. The summed E-state index contributed by atoms with van der Waals surface area (Å²) in [6, 6.07) is 7.80. The number of rotatable bonds is 4. The molecule has 0 radical (unpaired) electrons. The van der Waals surface area contributed by atoms with Crippen molar-refractivity contribution in [3.63, 3.8) is 0 Å². The van der Waals surface area contributed by atoms with Crippen LogP contribution in [0.2, 0.25) is 0 Å². The van der Waals surface area contributed by atoms with Crippen LogP contribution in [0.5, 0.6) is 0 Å². The molecule has 0 spiro atoms. The highest BCUT2D eigenvalue weighted by Gasteiger charge is 2.18. The highest BCUT2D eigenvalue weighted by Crippen LogP contribution is 2.22. The van der Waals surface area contributed by atoms with Crippen molar-refractivity contribution in [2.75, 3.05) is 6.61 Å². The Kier molecular flexibility index (Phi) is 4.81. The monoisotopic (exact) mass is 316 g/mol. The molecule has 0 amide bonds. The van der Waals surface area contributed by atoms with E-state index in [1.807, 2.05) is 31.2 Å². The molecule has 80 valence electrons. The molecule has 3 heteroatoms. The molecular formula is C12H13IO2. The molecule has 0 saturated heterocycles. The van der Waals surface area contributed by atoms with Crippen LogP contribution in [0.25, 0.3) is 0 Å². The van der Waals surface area contributed by atoms with Crippen LogP contribution in [0.3, 0.4) is 0 Å². The maximum atomic E-state index is 11.6. The van der Waals surface area contributed by atoms with Gasteiger partial charge < -0.3 is 4.74 Å². The molecule has 0 aliphatic carbocycles. The molecule has 0 aliphatic rings. The second-order valence-electron chi connectivity index (χ2n) is 3.16. The summed E-state index contributed by atoms with van der Waals surface area (Å²) in [5, 5.41) is 0. The van der Waals surface area contributed by atoms with Crippen LogP contribution in [0.15, 0.2) is 36.9 Å². The summed E-state index contributed by atoms with van der Waals surface area (Å²) in [5.41, 5.74) is 1.01. The Bertz CT molecular complexity index is 360. The predicted molar refractivity (Wildman–Crippen MR) is 68.7 cm³/mol. The number of carbonyl (C=O) groups is 1. The number of halogens is 1. The molecule has 1 rings (SSSR count). The fourth-order valence-corrected chi connectivity index (χ4v) is 2.07. The van der Waals surface area contributed by atoms with E-state index < -0.39 is 0 Å². The Morgan fingerprint density at radius 3 is 2.87 bits per heavy atom. The fourth-order valence-electron chi connectivity index (χ4n) is 1.22. The van der Waals surface area contributed by atoms with Crippen LogP contribution in [-0.2, 0) is 9.53 Å². The molecule has 0 N–H and O–H groups in total. The Labute approximate surface area is 103 Å². The van der Waals surface area contributed by atoms with Gasteiger partial charge in [-0.1, -0.05) is 30.9 Å². The lowest BCUT2D eigenvalue weighted by Crippen LogP contribution is -2.14. The van der Waals surface area contributed by atoms with E-state index >= 15 is 0 Å². The highest BCUT2D eigenvalue weighted by atomic mass is 127. The largest absolute Gasteiger partial charge is 0.461 e. The number of hydrogen-bond acceptors (Lipinski definition) is 2. The minimum Gasteiger partial charge on any atom is -0.461 e. The van der Waals surface area contributed by atoms with E-state index in [0.717, 1.165) is 9.13 Å². The van der Waals surface area contributed by atoms with Gasteiger partial charge in [0.25, 0.3) is 0 Å². The molecule has 1 unspecified atom stereocenters. The minimum atomic E-state index is -0.224. The molecular weight excluding hydrogens is 303 g/mol. The second kappa shape index (κ2) is 5.90. The lowest BCUT2D eigenvalue weighted by atomic mass is 10.0. The Morgan fingerprint density at radius 1 is 1.60 bits per heavy atom. The van der Waals surface area contributed by atoms with Crippen molar-refractivity contribution in [1.29, 1.82) is 0 Å². The minimum absolute atomic E-state index is 0.209. The third-order valence-electron chi connectivity index (χ3n) is 2.07. The summed E-state index contributed by atoms with van der Waals surface area (Å²) in [5.74, 6) is -0.433. The first-order valence-electron chi connectivity index (χ1n) is 4.68. The van der Waals surface area contributed by atoms with Gasteiger partial charge in [-0.25, -0.2) is 0 Å². The number of esters is 1. The number of benzene rings is 1. The lowest BCUT2D eigenvalue weighted by molar-refractivity contribution is -0.143.